The molecule has 0 saturated heterocycles. The Morgan fingerprint density at radius 1 is 0.974 bits per heavy atom. The lowest BCUT2D eigenvalue weighted by Gasteiger charge is -2.32. The second kappa shape index (κ2) is 10.6. The van der Waals surface area contributed by atoms with Crippen LogP contribution in [-0.4, -0.2) is 40.5 Å². The van der Waals surface area contributed by atoms with Crippen molar-refractivity contribution in [1.82, 2.24) is 10.2 Å². The van der Waals surface area contributed by atoms with Crippen molar-refractivity contribution < 1.29 is 32.7 Å². The summed E-state index contributed by atoms with van der Waals surface area (Å²) in [5, 5.41) is 12.4. The van der Waals surface area contributed by atoms with E-state index in [0.29, 0.717) is 17.5 Å². The molecule has 2 N–H and O–H groups in total. The van der Waals surface area contributed by atoms with Gasteiger partial charge < -0.3 is 15.3 Å². The third-order valence-electron chi connectivity index (χ3n) is 7.44. The minimum Gasteiger partial charge on any atom is -0.478 e. The van der Waals surface area contributed by atoms with Gasteiger partial charge in [0.25, 0.3) is 0 Å². The van der Waals surface area contributed by atoms with E-state index in [9.17, 15) is 32.7 Å². The number of alkyl halides is 3. The van der Waals surface area contributed by atoms with Gasteiger partial charge in [0.05, 0.1) is 5.56 Å². The van der Waals surface area contributed by atoms with Crippen LogP contribution in [0.1, 0.15) is 51.4 Å². The van der Waals surface area contributed by atoms with Crippen LogP contribution in [0.4, 0.5) is 13.2 Å². The van der Waals surface area contributed by atoms with Gasteiger partial charge in [-0.2, -0.15) is 13.2 Å². The number of carbonyl (C=O) groups excluding carboxylic acids is 2. The molecule has 1 aliphatic heterocycles. The Morgan fingerprint density at radius 3 is 2.46 bits per heavy atom. The smallest absolute Gasteiger partial charge is 0.397 e. The average molecular weight is 537 g/mol. The summed E-state index contributed by atoms with van der Waals surface area (Å²) in [6.45, 7) is 0.276. The largest absolute Gasteiger partial charge is 0.478 e. The second-order valence-electron chi connectivity index (χ2n) is 10.0. The topological polar surface area (TPSA) is 86.7 Å². The van der Waals surface area contributed by atoms with Crippen LogP contribution in [-0.2, 0) is 29.1 Å². The fraction of sp³-hybridized carbons (Fsp3) is 0.300. The van der Waals surface area contributed by atoms with Gasteiger partial charge in [0.2, 0.25) is 11.8 Å². The molecule has 2 atom stereocenters. The molecule has 1 saturated carbocycles. The molecule has 1 aliphatic carbocycles. The molecule has 0 bridgehead atoms. The van der Waals surface area contributed by atoms with E-state index in [4.69, 9.17) is 0 Å². The van der Waals surface area contributed by atoms with Crippen LogP contribution in [0, 0.1) is 5.92 Å². The van der Waals surface area contributed by atoms with Gasteiger partial charge in [0.15, 0.2) is 0 Å². The zero-order chi connectivity index (χ0) is 27.7. The average Bonchev–Trinajstić information content (AvgIpc) is 3.72. The molecule has 0 aromatic heterocycles. The molecule has 39 heavy (non-hydrogen) atoms. The Balaban J connectivity index is 1.40. The maximum Gasteiger partial charge on any atom is 0.397 e. The first-order valence-corrected chi connectivity index (χ1v) is 12.8. The van der Waals surface area contributed by atoms with E-state index in [1.807, 2.05) is 36.4 Å². The summed E-state index contributed by atoms with van der Waals surface area (Å²) >= 11 is 0. The Bertz CT molecular complexity index is 1420. The number of aromatic carboxylic acids is 1. The number of nitrogens with zero attached hydrogens (tertiary/aromatic N) is 1. The van der Waals surface area contributed by atoms with E-state index in [2.05, 4.69) is 5.32 Å². The molecule has 0 radical (unpaired) electrons. The summed E-state index contributed by atoms with van der Waals surface area (Å²) in [6, 6.07) is 19.9. The number of nitrogens with one attached hydrogen (secondary N) is 1. The van der Waals surface area contributed by atoms with Crippen molar-refractivity contribution in [1.29, 1.82) is 0 Å². The molecule has 6 nitrogen and oxygen atoms in total. The SMILES string of the molecule is O=C(O)c1cccc(-c2ccc(CNC(=O)[C@H]3C[C@@H]3c3ccccc3)c3c2CCN(C(=O)CC(F)(F)F)C3)c1. The molecule has 0 unspecified atom stereocenters. The van der Waals surface area contributed by atoms with Crippen LogP contribution >= 0.6 is 0 Å². The summed E-state index contributed by atoms with van der Waals surface area (Å²) < 4.78 is 38.8. The number of amides is 2. The van der Waals surface area contributed by atoms with Crippen LogP contribution in [0.15, 0.2) is 66.7 Å². The van der Waals surface area contributed by atoms with Crippen molar-refractivity contribution in [3.8, 4) is 11.1 Å². The molecule has 202 valence electrons. The van der Waals surface area contributed by atoms with Gasteiger partial charge in [-0.25, -0.2) is 4.79 Å². The van der Waals surface area contributed by atoms with Crippen molar-refractivity contribution in [3.05, 3.63) is 94.5 Å². The number of carboxylic acid groups (broad SMARTS) is 1. The van der Waals surface area contributed by atoms with Gasteiger partial charge in [-0.15, -0.1) is 0 Å². The number of carboxylic acids is 1. The Hall–Kier alpha value is -4.14. The lowest BCUT2D eigenvalue weighted by molar-refractivity contribution is -0.162. The van der Waals surface area contributed by atoms with Crippen molar-refractivity contribution in [2.45, 2.75) is 44.4 Å². The van der Waals surface area contributed by atoms with Crippen LogP contribution < -0.4 is 5.32 Å². The summed E-state index contributed by atoms with van der Waals surface area (Å²) in [6.07, 6.45) is -5.07. The third kappa shape index (κ3) is 5.97. The predicted octanol–water partition coefficient (Wildman–Crippen LogP) is 5.31. The van der Waals surface area contributed by atoms with Crippen LogP contribution in [0.3, 0.4) is 0 Å². The molecule has 2 amide bonds. The Morgan fingerprint density at radius 2 is 1.74 bits per heavy atom. The molecule has 2 aliphatic rings. The molecule has 0 spiro atoms. The quantitative estimate of drug-likeness (QED) is 0.429. The first kappa shape index (κ1) is 26.5. The van der Waals surface area contributed by atoms with Crippen molar-refractivity contribution in [3.63, 3.8) is 0 Å². The number of benzene rings is 3. The molecular formula is C30H27F3N2O4. The standard InChI is InChI=1S/C30H27F3N2O4/c31-30(32,33)15-27(36)35-12-11-23-22(19-7-4-8-20(13-19)29(38)39)10-9-21(26(23)17-35)16-34-28(37)25-14-24(25)18-5-2-1-3-6-18/h1-10,13,24-25H,11-12,14-17H2,(H,34,37)(H,38,39)/t24-,25+/m1/s1. The number of fused-ring (bicyclic) bond motifs is 1. The maximum absolute atomic E-state index is 12.9. The van der Waals surface area contributed by atoms with Crippen molar-refractivity contribution in [2.24, 2.45) is 5.92 Å². The highest BCUT2D eigenvalue weighted by Crippen LogP contribution is 2.47. The van der Waals surface area contributed by atoms with Crippen LogP contribution in [0.2, 0.25) is 0 Å². The Kier molecular flexibility index (Phi) is 7.16. The monoisotopic (exact) mass is 536 g/mol. The molecule has 9 heteroatoms. The number of carbonyl (C=O) groups is 3. The number of hydrogen-bond acceptors (Lipinski definition) is 3. The normalized spacial score (nSPS) is 18.3. The van der Waals surface area contributed by atoms with E-state index in [0.717, 1.165) is 28.7 Å². The maximum atomic E-state index is 12.9. The summed E-state index contributed by atoms with van der Waals surface area (Å²) in [7, 11) is 0. The zero-order valence-corrected chi connectivity index (χ0v) is 21.0. The van der Waals surface area contributed by atoms with Gasteiger partial charge in [0, 0.05) is 25.6 Å². The van der Waals surface area contributed by atoms with E-state index in [-0.39, 0.29) is 42.9 Å². The van der Waals surface area contributed by atoms with E-state index in [1.54, 1.807) is 24.3 Å². The summed E-state index contributed by atoms with van der Waals surface area (Å²) in [5.41, 5.74) is 4.91. The van der Waals surface area contributed by atoms with E-state index >= 15 is 0 Å². The summed E-state index contributed by atoms with van der Waals surface area (Å²) in [4.78, 5) is 38.0. The molecule has 3 aromatic carbocycles. The molecular weight excluding hydrogens is 509 g/mol. The van der Waals surface area contributed by atoms with Crippen molar-refractivity contribution >= 4 is 17.8 Å². The highest BCUT2D eigenvalue weighted by molar-refractivity contribution is 5.90. The van der Waals surface area contributed by atoms with Crippen LogP contribution in [0.25, 0.3) is 11.1 Å². The number of hydrogen-bond donors (Lipinski definition) is 2. The van der Waals surface area contributed by atoms with Gasteiger partial charge in [-0.05, 0) is 64.3 Å². The second-order valence-corrected chi connectivity index (χ2v) is 10.0. The fourth-order valence-corrected chi connectivity index (χ4v) is 5.36. The Labute approximate surface area is 223 Å². The number of rotatable bonds is 7. The lowest BCUT2D eigenvalue weighted by atomic mass is 9.87. The van der Waals surface area contributed by atoms with Gasteiger partial charge in [-0.3, -0.25) is 9.59 Å². The van der Waals surface area contributed by atoms with Gasteiger partial charge in [0.1, 0.15) is 6.42 Å². The molecule has 3 aromatic rings. The highest BCUT2D eigenvalue weighted by Gasteiger charge is 2.43. The molecule has 1 fully saturated rings. The third-order valence-corrected chi connectivity index (χ3v) is 7.44. The van der Waals surface area contributed by atoms with E-state index in [1.165, 1.54) is 11.0 Å². The zero-order valence-electron chi connectivity index (χ0n) is 21.0. The minimum atomic E-state index is -4.60. The van der Waals surface area contributed by atoms with Gasteiger partial charge >= 0.3 is 12.1 Å². The minimum absolute atomic E-state index is 0.0159. The predicted molar refractivity (Wildman–Crippen MR) is 138 cm³/mol. The van der Waals surface area contributed by atoms with Gasteiger partial charge in [-0.1, -0.05) is 54.6 Å². The highest BCUT2D eigenvalue weighted by atomic mass is 19.4. The van der Waals surface area contributed by atoms with Crippen molar-refractivity contribution in [2.75, 3.05) is 6.54 Å². The molecule has 1 heterocycles. The van der Waals surface area contributed by atoms with E-state index < -0.39 is 24.5 Å². The molecule has 5 rings (SSSR count). The number of halogens is 3. The first-order chi connectivity index (χ1) is 18.6. The first-order valence-electron chi connectivity index (χ1n) is 12.8. The van der Waals surface area contributed by atoms with Crippen LogP contribution in [0.5, 0.6) is 0 Å². The lowest BCUT2D eigenvalue weighted by Crippen LogP contribution is -2.39. The fourth-order valence-electron chi connectivity index (χ4n) is 5.36. The summed E-state index contributed by atoms with van der Waals surface area (Å²) in [5.74, 6) is -2.12.